The van der Waals surface area contributed by atoms with Crippen LogP contribution in [0.1, 0.15) is 36.7 Å². The van der Waals surface area contributed by atoms with Crippen LogP contribution in [0.25, 0.3) is 22.6 Å². The second-order valence-corrected chi connectivity index (χ2v) is 9.52. The smallest absolute Gasteiger partial charge is 0.409 e. The maximum atomic E-state index is 13.6. The Hall–Kier alpha value is -4.80. The highest BCUT2D eigenvalue weighted by molar-refractivity contribution is 5.97. The third-order valence-corrected chi connectivity index (χ3v) is 6.66. The molecule has 0 radical (unpaired) electrons. The number of carbonyl (C=O) groups is 4. The van der Waals surface area contributed by atoms with Gasteiger partial charge in [-0.25, -0.2) is 14.8 Å². The summed E-state index contributed by atoms with van der Waals surface area (Å²) in [6.07, 6.45) is -0.238. The molecule has 2 aromatic carbocycles. The van der Waals surface area contributed by atoms with Crippen LogP contribution in [0.15, 0.2) is 66.7 Å². The van der Waals surface area contributed by atoms with E-state index >= 15 is 0 Å². The summed E-state index contributed by atoms with van der Waals surface area (Å²) in [6, 6.07) is 19.3. The molecule has 11 heteroatoms. The summed E-state index contributed by atoms with van der Waals surface area (Å²) >= 11 is 0. The van der Waals surface area contributed by atoms with Crippen LogP contribution in [0.3, 0.4) is 0 Å². The highest BCUT2D eigenvalue weighted by Gasteiger charge is 2.31. The Bertz CT molecular complexity index is 1300. The molecule has 3 amide bonds. The predicted octanol–water partition coefficient (Wildman–Crippen LogP) is 3.46. The van der Waals surface area contributed by atoms with Crippen LogP contribution < -0.4 is 5.32 Å². The highest BCUT2D eigenvalue weighted by Crippen LogP contribution is 2.23. The van der Waals surface area contributed by atoms with E-state index in [0.29, 0.717) is 24.6 Å². The number of nitrogens with one attached hydrogen (secondary N) is 1. The van der Waals surface area contributed by atoms with Gasteiger partial charge in [0.2, 0.25) is 5.91 Å². The lowest BCUT2D eigenvalue weighted by Gasteiger charge is -2.36. The maximum Gasteiger partial charge on any atom is 0.409 e. The van der Waals surface area contributed by atoms with Gasteiger partial charge in [-0.3, -0.25) is 14.4 Å². The minimum Gasteiger partial charge on any atom is -0.481 e. The van der Waals surface area contributed by atoms with Crippen LogP contribution >= 0.6 is 0 Å². The van der Waals surface area contributed by atoms with E-state index in [-0.39, 0.29) is 50.6 Å². The van der Waals surface area contributed by atoms with Gasteiger partial charge >= 0.3 is 12.1 Å². The second kappa shape index (κ2) is 14.0. The lowest BCUT2D eigenvalue weighted by molar-refractivity contribution is -0.138. The first-order valence-electron chi connectivity index (χ1n) is 13.6. The van der Waals surface area contributed by atoms with Gasteiger partial charge in [-0.1, -0.05) is 60.7 Å². The minimum absolute atomic E-state index is 0.0841. The molecule has 2 N–H and O–H groups in total. The molecule has 0 spiro atoms. The number of carboxylic acids is 1. The zero-order valence-corrected chi connectivity index (χ0v) is 22.9. The van der Waals surface area contributed by atoms with E-state index in [1.54, 1.807) is 17.9 Å². The summed E-state index contributed by atoms with van der Waals surface area (Å²) in [4.78, 5) is 62.6. The number of carbonyl (C=O) groups excluding carboxylic acids is 3. The molecule has 1 aliphatic heterocycles. The van der Waals surface area contributed by atoms with E-state index in [4.69, 9.17) is 9.84 Å². The third kappa shape index (κ3) is 7.87. The summed E-state index contributed by atoms with van der Waals surface area (Å²) in [5.41, 5.74) is 2.16. The van der Waals surface area contributed by atoms with E-state index in [0.717, 1.165) is 11.1 Å². The lowest BCUT2D eigenvalue weighted by atomic mass is 10.1. The number of piperazine rings is 1. The van der Waals surface area contributed by atoms with Gasteiger partial charge in [-0.05, 0) is 25.8 Å². The second-order valence-electron chi connectivity index (χ2n) is 9.52. The molecule has 1 unspecified atom stereocenters. The van der Waals surface area contributed by atoms with Crippen molar-refractivity contribution >= 4 is 23.9 Å². The van der Waals surface area contributed by atoms with Crippen molar-refractivity contribution in [2.75, 3.05) is 32.8 Å². The van der Waals surface area contributed by atoms with Crippen molar-refractivity contribution in [2.24, 2.45) is 0 Å². The number of rotatable bonds is 10. The topological polar surface area (TPSA) is 142 Å². The van der Waals surface area contributed by atoms with Crippen LogP contribution in [0.2, 0.25) is 0 Å². The van der Waals surface area contributed by atoms with Crippen LogP contribution in [0, 0.1) is 0 Å². The zero-order chi connectivity index (χ0) is 29.2. The molecule has 41 heavy (non-hydrogen) atoms. The minimum atomic E-state index is -0.985. The SMILES string of the molecule is CCOC(=O)N1CCN(C(=O)C(CCCC(=O)O)NC(=O)c2cc(-c3ccccc3)nc(-c3ccccc3)n2)CC1. The van der Waals surface area contributed by atoms with E-state index in [1.165, 1.54) is 4.90 Å². The molecule has 214 valence electrons. The summed E-state index contributed by atoms with van der Waals surface area (Å²) < 4.78 is 5.04. The average molecular weight is 560 g/mol. The number of amides is 3. The number of carboxylic acid groups (broad SMARTS) is 1. The zero-order valence-electron chi connectivity index (χ0n) is 22.9. The first kappa shape index (κ1) is 29.2. The van der Waals surface area contributed by atoms with Crippen molar-refractivity contribution in [3.8, 4) is 22.6 Å². The van der Waals surface area contributed by atoms with E-state index < -0.39 is 24.0 Å². The Kier molecular flexibility index (Phi) is 9.98. The maximum absolute atomic E-state index is 13.6. The number of hydrogen-bond acceptors (Lipinski definition) is 7. The number of hydrogen-bond donors (Lipinski definition) is 2. The molecule has 0 aliphatic carbocycles. The summed E-state index contributed by atoms with van der Waals surface area (Å²) in [5, 5.41) is 11.9. The number of ether oxygens (including phenoxy) is 1. The first-order chi connectivity index (χ1) is 19.9. The molecule has 1 aromatic heterocycles. The van der Waals surface area contributed by atoms with Crippen molar-refractivity contribution < 1.29 is 29.0 Å². The molecule has 1 saturated heterocycles. The molecule has 1 aliphatic rings. The van der Waals surface area contributed by atoms with Gasteiger partial charge in [-0.15, -0.1) is 0 Å². The van der Waals surface area contributed by atoms with Crippen molar-refractivity contribution in [1.29, 1.82) is 0 Å². The molecule has 2 heterocycles. The van der Waals surface area contributed by atoms with Gasteiger partial charge < -0.3 is 25.0 Å². The number of benzene rings is 2. The molecule has 11 nitrogen and oxygen atoms in total. The molecular formula is C30H33N5O6. The highest BCUT2D eigenvalue weighted by atomic mass is 16.6. The fourth-order valence-corrected chi connectivity index (χ4v) is 4.53. The predicted molar refractivity (Wildman–Crippen MR) is 151 cm³/mol. The van der Waals surface area contributed by atoms with Gasteiger partial charge in [0, 0.05) is 43.7 Å². The monoisotopic (exact) mass is 559 g/mol. The molecule has 3 aromatic rings. The molecule has 0 saturated carbocycles. The lowest BCUT2D eigenvalue weighted by Crippen LogP contribution is -2.56. The molecular weight excluding hydrogens is 526 g/mol. The Morgan fingerprint density at radius 2 is 1.51 bits per heavy atom. The van der Waals surface area contributed by atoms with E-state index in [2.05, 4.69) is 15.3 Å². The normalized spacial score (nSPS) is 13.8. The number of aromatic nitrogens is 2. The van der Waals surface area contributed by atoms with Gasteiger partial charge in [0.05, 0.1) is 12.3 Å². The van der Waals surface area contributed by atoms with Crippen LogP contribution in [0.5, 0.6) is 0 Å². The fourth-order valence-electron chi connectivity index (χ4n) is 4.53. The Morgan fingerprint density at radius 1 is 0.902 bits per heavy atom. The molecule has 1 fully saturated rings. The number of aliphatic carboxylic acids is 1. The van der Waals surface area contributed by atoms with E-state index in [9.17, 15) is 19.2 Å². The Labute approximate surface area is 238 Å². The number of nitrogens with zero attached hydrogens (tertiary/aromatic N) is 4. The van der Waals surface area contributed by atoms with Crippen molar-refractivity contribution in [3.05, 3.63) is 72.4 Å². The summed E-state index contributed by atoms with van der Waals surface area (Å²) in [6.45, 7) is 3.13. The molecule has 0 bridgehead atoms. The summed E-state index contributed by atoms with van der Waals surface area (Å²) in [7, 11) is 0. The van der Waals surface area contributed by atoms with Crippen LogP contribution in [0.4, 0.5) is 4.79 Å². The quantitative estimate of drug-likeness (QED) is 0.385. The van der Waals surface area contributed by atoms with Gasteiger partial charge in [-0.2, -0.15) is 0 Å². The Morgan fingerprint density at radius 3 is 2.12 bits per heavy atom. The van der Waals surface area contributed by atoms with Crippen molar-refractivity contribution in [1.82, 2.24) is 25.1 Å². The van der Waals surface area contributed by atoms with Crippen LogP contribution in [-0.2, 0) is 14.3 Å². The fraction of sp³-hybridized carbons (Fsp3) is 0.333. The van der Waals surface area contributed by atoms with Gasteiger partial charge in [0.15, 0.2) is 5.82 Å². The largest absolute Gasteiger partial charge is 0.481 e. The average Bonchev–Trinajstić information content (AvgIpc) is 3.01. The van der Waals surface area contributed by atoms with Crippen molar-refractivity contribution in [2.45, 2.75) is 32.2 Å². The van der Waals surface area contributed by atoms with Gasteiger partial charge in [0.1, 0.15) is 11.7 Å². The van der Waals surface area contributed by atoms with Crippen LogP contribution in [-0.4, -0.2) is 87.6 Å². The molecule has 1 atom stereocenters. The third-order valence-electron chi connectivity index (χ3n) is 6.66. The summed E-state index contributed by atoms with van der Waals surface area (Å²) in [5.74, 6) is -1.53. The van der Waals surface area contributed by atoms with Gasteiger partial charge in [0.25, 0.3) is 5.91 Å². The standard InChI is InChI=1S/C30H33N5O6/c1-2-41-30(40)35-18-16-34(17-19-35)29(39)23(14-9-15-26(36)37)33-28(38)25-20-24(21-10-5-3-6-11-21)31-27(32-25)22-12-7-4-8-13-22/h3-8,10-13,20,23H,2,9,14-19H2,1H3,(H,33,38)(H,36,37). The Balaban J connectivity index is 1.56. The first-order valence-corrected chi connectivity index (χ1v) is 13.6. The van der Waals surface area contributed by atoms with Crippen molar-refractivity contribution in [3.63, 3.8) is 0 Å². The molecule has 4 rings (SSSR count). The van der Waals surface area contributed by atoms with E-state index in [1.807, 2.05) is 60.7 Å².